The van der Waals surface area contributed by atoms with Crippen molar-refractivity contribution in [1.29, 1.82) is 0 Å². The Labute approximate surface area is 140 Å². The number of nitrogens with one attached hydrogen (secondary N) is 1. The Hall–Kier alpha value is -0.470. The third-order valence-electron chi connectivity index (χ3n) is 3.95. The standard InChI is InChI=1S/C15H24IN3O2/c1-4-9-17-13-12(16)11(10-20-2)18-14(19-13)15(21-3)7-5-6-8-15/h4-10H2,1-3H3,(H,17,18,19). The summed E-state index contributed by atoms with van der Waals surface area (Å²) in [5.41, 5.74) is 0.611. The molecule has 0 spiro atoms. The average molecular weight is 405 g/mol. The predicted octanol–water partition coefficient (Wildman–Crippen LogP) is 3.47. The molecule has 0 unspecified atom stereocenters. The van der Waals surface area contributed by atoms with Gasteiger partial charge in [0, 0.05) is 20.8 Å². The molecule has 0 radical (unpaired) electrons. The number of anilines is 1. The van der Waals surface area contributed by atoms with E-state index in [-0.39, 0.29) is 5.60 Å². The second-order valence-electron chi connectivity index (χ2n) is 5.42. The van der Waals surface area contributed by atoms with Gasteiger partial charge in [0.25, 0.3) is 0 Å². The maximum absolute atomic E-state index is 5.82. The number of rotatable bonds is 7. The van der Waals surface area contributed by atoms with Crippen LogP contribution in [0.25, 0.3) is 0 Å². The SMILES string of the molecule is CCCNc1nc(C2(OC)CCCC2)nc(COC)c1I. The third-order valence-corrected chi connectivity index (χ3v) is 5.09. The van der Waals surface area contributed by atoms with Crippen molar-refractivity contribution in [1.82, 2.24) is 9.97 Å². The zero-order chi connectivity index (χ0) is 15.3. The lowest BCUT2D eigenvalue weighted by molar-refractivity contribution is -0.0166. The molecule has 118 valence electrons. The molecule has 0 atom stereocenters. The molecule has 0 bridgehead atoms. The highest BCUT2D eigenvalue weighted by molar-refractivity contribution is 14.1. The molecular weight excluding hydrogens is 381 g/mol. The first-order valence-electron chi connectivity index (χ1n) is 7.51. The van der Waals surface area contributed by atoms with Crippen LogP contribution in [-0.2, 0) is 21.7 Å². The van der Waals surface area contributed by atoms with Crippen LogP contribution in [0.3, 0.4) is 0 Å². The molecule has 1 aliphatic carbocycles. The van der Waals surface area contributed by atoms with Crippen LogP contribution >= 0.6 is 22.6 Å². The van der Waals surface area contributed by atoms with E-state index in [9.17, 15) is 0 Å². The number of ether oxygens (including phenoxy) is 2. The molecule has 1 fully saturated rings. The summed E-state index contributed by atoms with van der Waals surface area (Å²) in [4.78, 5) is 9.51. The summed E-state index contributed by atoms with van der Waals surface area (Å²) in [6, 6.07) is 0. The van der Waals surface area contributed by atoms with E-state index in [1.54, 1.807) is 14.2 Å². The van der Waals surface area contributed by atoms with E-state index < -0.39 is 0 Å². The molecule has 1 heterocycles. The van der Waals surface area contributed by atoms with Gasteiger partial charge in [0.2, 0.25) is 0 Å². The maximum Gasteiger partial charge on any atom is 0.163 e. The Bertz CT molecular complexity index is 476. The molecule has 5 nitrogen and oxygen atoms in total. The highest BCUT2D eigenvalue weighted by atomic mass is 127. The Balaban J connectivity index is 2.42. The molecule has 0 saturated heterocycles. The first kappa shape index (κ1) is 16.9. The van der Waals surface area contributed by atoms with Gasteiger partial charge in [-0.05, 0) is 54.7 Å². The van der Waals surface area contributed by atoms with Gasteiger partial charge in [-0.25, -0.2) is 9.97 Å². The van der Waals surface area contributed by atoms with E-state index >= 15 is 0 Å². The van der Waals surface area contributed by atoms with E-state index in [0.29, 0.717) is 6.61 Å². The van der Waals surface area contributed by atoms with Gasteiger partial charge in [-0.2, -0.15) is 0 Å². The van der Waals surface area contributed by atoms with Crippen LogP contribution in [0.2, 0.25) is 0 Å². The number of aromatic nitrogens is 2. The van der Waals surface area contributed by atoms with Crippen molar-refractivity contribution in [2.75, 3.05) is 26.1 Å². The minimum atomic E-state index is -0.324. The number of nitrogens with zero attached hydrogens (tertiary/aromatic N) is 2. The molecule has 1 aliphatic rings. The van der Waals surface area contributed by atoms with Crippen LogP contribution in [0, 0.1) is 3.57 Å². The Morgan fingerprint density at radius 3 is 2.52 bits per heavy atom. The van der Waals surface area contributed by atoms with Crippen LogP contribution in [-0.4, -0.2) is 30.7 Å². The molecule has 1 aromatic rings. The highest BCUT2D eigenvalue weighted by Crippen LogP contribution is 2.40. The second kappa shape index (κ2) is 7.69. The van der Waals surface area contributed by atoms with E-state index in [0.717, 1.165) is 46.7 Å². The molecule has 1 aromatic heterocycles. The summed E-state index contributed by atoms with van der Waals surface area (Å²) >= 11 is 2.29. The van der Waals surface area contributed by atoms with Gasteiger partial charge in [0.1, 0.15) is 11.4 Å². The number of methoxy groups -OCH3 is 2. The van der Waals surface area contributed by atoms with Crippen molar-refractivity contribution in [3.8, 4) is 0 Å². The molecular formula is C15H24IN3O2. The Kier molecular flexibility index (Phi) is 6.19. The summed E-state index contributed by atoms with van der Waals surface area (Å²) in [7, 11) is 3.46. The topological polar surface area (TPSA) is 56.3 Å². The average Bonchev–Trinajstić information content (AvgIpc) is 2.98. The van der Waals surface area contributed by atoms with Gasteiger partial charge in [0.15, 0.2) is 5.82 Å². The van der Waals surface area contributed by atoms with Gasteiger partial charge >= 0.3 is 0 Å². The van der Waals surface area contributed by atoms with Crippen molar-refractivity contribution >= 4 is 28.4 Å². The summed E-state index contributed by atoms with van der Waals surface area (Å²) in [6.07, 6.45) is 5.37. The van der Waals surface area contributed by atoms with E-state index in [1.165, 1.54) is 12.8 Å². The molecule has 21 heavy (non-hydrogen) atoms. The third kappa shape index (κ3) is 3.65. The fourth-order valence-electron chi connectivity index (χ4n) is 2.76. The highest BCUT2D eigenvalue weighted by Gasteiger charge is 2.39. The number of hydrogen-bond acceptors (Lipinski definition) is 5. The van der Waals surface area contributed by atoms with Gasteiger partial charge < -0.3 is 14.8 Å². The van der Waals surface area contributed by atoms with Crippen LogP contribution in [0.4, 0.5) is 5.82 Å². The van der Waals surface area contributed by atoms with E-state index in [4.69, 9.17) is 19.4 Å². The minimum absolute atomic E-state index is 0.324. The lowest BCUT2D eigenvalue weighted by atomic mass is 10.0. The fourth-order valence-corrected chi connectivity index (χ4v) is 3.34. The number of hydrogen-bond donors (Lipinski definition) is 1. The number of halogens is 1. The molecule has 0 aliphatic heterocycles. The van der Waals surface area contributed by atoms with Crippen molar-refractivity contribution in [3.63, 3.8) is 0 Å². The second-order valence-corrected chi connectivity index (χ2v) is 6.50. The van der Waals surface area contributed by atoms with Gasteiger partial charge in [-0.3, -0.25) is 0 Å². The summed E-state index contributed by atoms with van der Waals surface area (Å²) < 4.78 is 12.1. The predicted molar refractivity (Wildman–Crippen MR) is 91.4 cm³/mol. The monoisotopic (exact) mass is 405 g/mol. The van der Waals surface area contributed by atoms with Crippen molar-refractivity contribution in [3.05, 3.63) is 15.1 Å². The summed E-state index contributed by atoms with van der Waals surface area (Å²) in [5, 5.41) is 3.40. The zero-order valence-electron chi connectivity index (χ0n) is 13.0. The fraction of sp³-hybridized carbons (Fsp3) is 0.733. The largest absolute Gasteiger partial charge is 0.378 e. The van der Waals surface area contributed by atoms with Crippen molar-refractivity contribution in [2.45, 2.75) is 51.2 Å². The molecule has 0 aromatic carbocycles. The molecule has 1 N–H and O–H groups in total. The quantitative estimate of drug-likeness (QED) is 0.705. The van der Waals surface area contributed by atoms with Gasteiger partial charge in [0.05, 0.1) is 15.9 Å². The molecule has 0 amide bonds. The first-order valence-corrected chi connectivity index (χ1v) is 8.59. The van der Waals surface area contributed by atoms with Crippen LogP contribution in [0.1, 0.15) is 50.5 Å². The smallest absolute Gasteiger partial charge is 0.163 e. The Morgan fingerprint density at radius 1 is 1.24 bits per heavy atom. The van der Waals surface area contributed by atoms with Crippen LogP contribution in [0.15, 0.2) is 0 Å². The maximum atomic E-state index is 5.82. The first-order chi connectivity index (χ1) is 10.2. The van der Waals surface area contributed by atoms with Crippen molar-refractivity contribution in [2.24, 2.45) is 0 Å². The van der Waals surface area contributed by atoms with Crippen LogP contribution < -0.4 is 5.32 Å². The lowest BCUT2D eigenvalue weighted by Crippen LogP contribution is -2.29. The molecule has 1 saturated carbocycles. The minimum Gasteiger partial charge on any atom is -0.378 e. The zero-order valence-corrected chi connectivity index (χ0v) is 15.2. The van der Waals surface area contributed by atoms with Gasteiger partial charge in [-0.15, -0.1) is 0 Å². The molecule has 6 heteroatoms. The normalized spacial score (nSPS) is 17.1. The lowest BCUT2D eigenvalue weighted by Gasteiger charge is -2.27. The Morgan fingerprint density at radius 2 is 1.95 bits per heavy atom. The van der Waals surface area contributed by atoms with Gasteiger partial charge in [-0.1, -0.05) is 6.92 Å². The molecule has 2 rings (SSSR count). The van der Waals surface area contributed by atoms with Crippen LogP contribution in [0.5, 0.6) is 0 Å². The van der Waals surface area contributed by atoms with E-state index in [2.05, 4.69) is 34.8 Å². The summed E-state index contributed by atoms with van der Waals surface area (Å²) in [6.45, 7) is 3.54. The van der Waals surface area contributed by atoms with E-state index in [1.807, 2.05) is 0 Å². The van der Waals surface area contributed by atoms with Crippen molar-refractivity contribution < 1.29 is 9.47 Å². The summed E-state index contributed by atoms with van der Waals surface area (Å²) in [5.74, 6) is 1.70.